The van der Waals surface area contributed by atoms with Gasteiger partial charge in [-0.05, 0) is 46.2 Å². The number of rotatable bonds is 10. The van der Waals surface area contributed by atoms with Gasteiger partial charge in [0.25, 0.3) is 0 Å². The molecule has 168 valence electrons. The smallest absolute Gasteiger partial charge is 0.333 e. The summed E-state index contributed by atoms with van der Waals surface area (Å²) >= 11 is 0. The van der Waals surface area contributed by atoms with Crippen LogP contribution in [-0.4, -0.2) is 73.5 Å². The number of likely N-dealkylation sites (N-methyl/N-ethyl adjacent to an activating group) is 2. The zero-order valence-corrected chi connectivity index (χ0v) is 20.0. The summed E-state index contributed by atoms with van der Waals surface area (Å²) in [6, 6.07) is -0.686. The maximum Gasteiger partial charge on any atom is 0.333 e. The van der Waals surface area contributed by atoms with E-state index in [0.717, 1.165) is 0 Å². The SMILES string of the molecule is CCOC(=O)/C(C)=C/CN(C)C(=O)C(NC(=O)C(CC)(CC)N(C)C)C(C)(C)C. The second-order valence-corrected chi connectivity index (χ2v) is 8.73. The van der Waals surface area contributed by atoms with Crippen LogP contribution in [0.4, 0.5) is 0 Å². The fraction of sp³-hybridized carbons (Fsp3) is 0.773. The van der Waals surface area contributed by atoms with Gasteiger partial charge in [0.2, 0.25) is 11.8 Å². The number of amides is 2. The molecule has 7 nitrogen and oxygen atoms in total. The summed E-state index contributed by atoms with van der Waals surface area (Å²) in [7, 11) is 5.44. The largest absolute Gasteiger partial charge is 0.463 e. The Morgan fingerprint density at radius 3 is 1.93 bits per heavy atom. The third-order valence-corrected chi connectivity index (χ3v) is 5.48. The van der Waals surface area contributed by atoms with Crippen LogP contribution in [0.5, 0.6) is 0 Å². The summed E-state index contributed by atoms with van der Waals surface area (Å²) in [5.74, 6) is -0.735. The molecule has 7 heteroatoms. The Kier molecular flexibility index (Phi) is 10.6. The fourth-order valence-electron chi connectivity index (χ4n) is 3.23. The van der Waals surface area contributed by atoms with Crippen LogP contribution in [0.15, 0.2) is 11.6 Å². The molecule has 0 saturated carbocycles. The Morgan fingerprint density at radius 1 is 1.03 bits per heavy atom. The van der Waals surface area contributed by atoms with Gasteiger partial charge in [0.15, 0.2) is 0 Å². The van der Waals surface area contributed by atoms with Crippen molar-refractivity contribution >= 4 is 17.8 Å². The molecule has 1 unspecified atom stereocenters. The third-order valence-electron chi connectivity index (χ3n) is 5.48. The number of hydrogen-bond donors (Lipinski definition) is 1. The van der Waals surface area contributed by atoms with Gasteiger partial charge in [-0.2, -0.15) is 0 Å². The first-order chi connectivity index (χ1) is 13.3. The summed E-state index contributed by atoms with van der Waals surface area (Å²) < 4.78 is 4.96. The van der Waals surface area contributed by atoms with Gasteiger partial charge in [-0.15, -0.1) is 0 Å². The van der Waals surface area contributed by atoms with Crippen LogP contribution in [0, 0.1) is 5.41 Å². The number of carbonyl (C=O) groups is 3. The lowest BCUT2D eigenvalue weighted by Gasteiger charge is -2.40. The Labute approximate surface area is 176 Å². The van der Waals surface area contributed by atoms with Crippen LogP contribution in [0.1, 0.15) is 61.3 Å². The van der Waals surface area contributed by atoms with Crippen molar-refractivity contribution in [1.29, 1.82) is 0 Å². The molecule has 0 aromatic carbocycles. The molecule has 0 radical (unpaired) electrons. The highest BCUT2D eigenvalue weighted by molar-refractivity contribution is 5.92. The van der Waals surface area contributed by atoms with E-state index in [1.54, 1.807) is 27.0 Å². The minimum Gasteiger partial charge on any atom is -0.463 e. The number of ether oxygens (including phenoxy) is 1. The highest BCUT2D eigenvalue weighted by Crippen LogP contribution is 2.26. The predicted octanol–water partition coefficient (Wildman–Crippen LogP) is 2.61. The molecule has 1 N–H and O–H groups in total. The second-order valence-electron chi connectivity index (χ2n) is 8.73. The molecule has 29 heavy (non-hydrogen) atoms. The zero-order valence-electron chi connectivity index (χ0n) is 20.0. The van der Waals surface area contributed by atoms with E-state index in [9.17, 15) is 14.4 Å². The van der Waals surface area contributed by atoms with Gasteiger partial charge in [0.1, 0.15) is 6.04 Å². The predicted molar refractivity (Wildman–Crippen MR) is 116 cm³/mol. The van der Waals surface area contributed by atoms with Gasteiger partial charge in [0.05, 0.1) is 12.1 Å². The normalized spacial score (nSPS) is 13.8. The lowest BCUT2D eigenvalue weighted by Crippen LogP contribution is -2.62. The average molecular weight is 412 g/mol. The van der Waals surface area contributed by atoms with E-state index in [1.165, 1.54) is 4.90 Å². The minimum atomic E-state index is -0.686. The van der Waals surface area contributed by atoms with Crippen molar-refractivity contribution in [1.82, 2.24) is 15.1 Å². The van der Waals surface area contributed by atoms with Gasteiger partial charge < -0.3 is 15.0 Å². The van der Waals surface area contributed by atoms with E-state index in [2.05, 4.69) is 5.32 Å². The first kappa shape index (κ1) is 27.1. The van der Waals surface area contributed by atoms with Crippen LogP contribution in [0.25, 0.3) is 0 Å². The number of carbonyl (C=O) groups excluding carboxylic acids is 3. The molecule has 0 aromatic heterocycles. The summed E-state index contributed by atoms with van der Waals surface area (Å²) in [6.07, 6.45) is 2.95. The van der Waals surface area contributed by atoms with E-state index in [4.69, 9.17) is 4.74 Å². The summed E-state index contributed by atoms with van der Waals surface area (Å²) in [4.78, 5) is 41.5. The van der Waals surface area contributed by atoms with Crippen molar-refractivity contribution in [3.8, 4) is 0 Å². The molecule has 0 aliphatic rings. The Hall–Kier alpha value is -1.89. The zero-order chi connectivity index (χ0) is 23.0. The van der Waals surface area contributed by atoms with Crippen LogP contribution in [0.3, 0.4) is 0 Å². The van der Waals surface area contributed by atoms with E-state index in [1.807, 2.05) is 53.6 Å². The molecule has 0 saturated heterocycles. The first-order valence-electron chi connectivity index (χ1n) is 10.4. The van der Waals surface area contributed by atoms with Crippen LogP contribution in [-0.2, 0) is 19.1 Å². The van der Waals surface area contributed by atoms with Crippen LogP contribution in [0.2, 0.25) is 0 Å². The van der Waals surface area contributed by atoms with Gasteiger partial charge >= 0.3 is 5.97 Å². The average Bonchev–Trinajstić information content (AvgIpc) is 2.63. The number of nitrogens with zero attached hydrogens (tertiary/aromatic N) is 2. The Bertz CT molecular complexity index is 602. The molecule has 0 bridgehead atoms. The molecule has 2 amide bonds. The van der Waals surface area contributed by atoms with E-state index in [-0.39, 0.29) is 18.4 Å². The summed E-state index contributed by atoms with van der Waals surface area (Å²) in [5, 5.41) is 3.01. The van der Waals surface area contributed by atoms with Gasteiger partial charge in [0, 0.05) is 19.2 Å². The Balaban J connectivity index is 5.54. The fourth-order valence-corrected chi connectivity index (χ4v) is 3.23. The van der Waals surface area contributed by atoms with Crippen molar-refractivity contribution in [2.24, 2.45) is 5.41 Å². The maximum atomic E-state index is 13.2. The quantitative estimate of drug-likeness (QED) is 0.442. The molecule has 0 fully saturated rings. The molecular formula is C22H41N3O4. The first-order valence-corrected chi connectivity index (χ1v) is 10.4. The van der Waals surface area contributed by atoms with Crippen molar-refractivity contribution in [2.45, 2.75) is 72.9 Å². The monoisotopic (exact) mass is 411 g/mol. The van der Waals surface area contributed by atoms with Crippen molar-refractivity contribution < 1.29 is 19.1 Å². The number of nitrogens with one attached hydrogen (secondary N) is 1. The highest BCUT2D eigenvalue weighted by Gasteiger charge is 2.42. The molecule has 0 aromatic rings. The number of esters is 1. The summed E-state index contributed by atoms with van der Waals surface area (Å²) in [6.45, 7) is 13.7. The van der Waals surface area contributed by atoms with Gasteiger partial charge in [-0.3, -0.25) is 14.5 Å². The third kappa shape index (κ3) is 7.14. The van der Waals surface area contributed by atoms with Crippen molar-refractivity contribution in [3.63, 3.8) is 0 Å². The van der Waals surface area contributed by atoms with E-state index in [0.29, 0.717) is 25.0 Å². The summed E-state index contributed by atoms with van der Waals surface area (Å²) in [5.41, 5.74) is -0.685. The topological polar surface area (TPSA) is 79.0 Å². The van der Waals surface area contributed by atoms with Crippen molar-refractivity contribution in [3.05, 3.63) is 11.6 Å². The molecule has 1 atom stereocenters. The molecular weight excluding hydrogens is 370 g/mol. The number of hydrogen-bond acceptors (Lipinski definition) is 5. The van der Waals surface area contributed by atoms with E-state index >= 15 is 0 Å². The molecule has 0 aliphatic carbocycles. The molecule has 0 spiro atoms. The Morgan fingerprint density at radius 2 is 1.55 bits per heavy atom. The second kappa shape index (κ2) is 11.3. The lowest BCUT2D eigenvalue weighted by atomic mass is 9.83. The maximum absolute atomic E-state index is 13.2. The van der Waals surface area contributed by atoms with Gasteiger partial charge in [-0.25, -0.2) is 4.79 Å². The molecule has 0 aliphatic heterocycles. The lowest BCUT2D eigenvalue weighted by molar-refractivity contribution is -0.142. The molecule has 0 heterocycles. The standard InChI is InChI=1S/C22H41N3O4/c1-11-22(12-2,24(8)9)20(28)23-17(21(5,6)7)18(26)25(10)15-14-16(4)19(27)29-13-3/h14,17H,11-13,15H2,1-10H3,(H,23,28)/b16-14+. The molecule has 0 rings (SSSR count). The van der Waals surface area contributed by atoms with Crippen molar-refractivity contribution in [2.75, 3.05) is 34.3 Å². The van der Waals surface area contributed by atoms with Crippen LogP contribution < -0.4 is 5.32 Å². The van der Waals surface area contributed by atoms with Gasteiger partial charge in [-0.1, -0.05) is 40.7 Å². The van der Waals surface area contributed by atoms with Crippen LogP contribution >= 0.6 is 0 Å². The van der Waals surface area contributed by atoms with E-state index < -0.39 is 23.0 Å². The highest BCUT2D eigenvalue weighted by atomic mass is 16.5. The minimum absolute atomic E-state index is 0.146.